The van der Waals surface area contributed by atoms with Crippen LogP contribution in [0.4, 0.5) is 5.69 Å². The summed E-state index contributed by atoms with van der Waals surface area (Å²) in [5, 5.41) is 24.2. The molecule has 7 nitrogen and oxygen atoms in total. The zero-order valence-corrected chi connectivity index (χ0v) is 15.7. The number of fused-ring (bicyclic) bond motifs is 2. The minimum absolute atomic E-state index is 0.166. The molecule has 146 valence electrons. The molecule has 1 N–H and O–H groups in total. The van der Waals surface area contributed by atoms with E-state index in [9.17, 15) is 19.9 Å². The molecule has 9 atom stereocenters. The summed E-state index contributed by atoms with van der Waals surface area (Å²) in [4.78, 5) is 29.1. The second kappa shape index (κ2) is 4.83. The van der Waals surface area contributed by atoms with Crippen LogP contribution in [0.3, 0.4) is 0 Å². The van der Waals surface area contributed by atoms with Gasteiger partial charge < -0.3 is 19.7 Å². The lowest BCUT2D eigenvalue weighted by Gasteiger charge is -2.69. The van der Waals surface area contributed by atoms with E-state index in [0.717, 1.165) is 17.0 Å². The largest absolute Gasteiger partial charge is 0.632 e. The zero-order chi connectivity index (χ0) is 19.6. The van der Waals surface area contributed by atoms with Gasteiger partial charge in [-0.1, -0.05) is 18.2 Å². The fraction of sp³-hybridized carbons (Fsp3) is 0.571. The Morgan fingerprint density at radius 2 is 2.11 bits per heavy atom. The highest BCUT2D eigenvalue weighted by Gasteiger charge is 2.80. The first-order chi connectivity index (χ1) is 13.3. The molecule has 1 saturated carbocycles. The molecule has 1 aromatic rings. The van der Waals surface area contributed by atoms with E-state index in [0.29, 0.717) is 12.8 Å². The molecule has 1 unspecified atom stereocenters. The summed E-state index contributed by atoms with van der Waals surface area (Å²) in [7, 11) is 0. The first-order valence-electron chi connectivity index (χ1n) is 9.99. The minimum Gasteiger partial charge on any atom is -0.632 e. The minimum atomic E-state index is -0.912. The van der Waals surface area contributed by atoms with Gasteiger partial charge in [0.2, 0.25) is 0 Å². The standard InChI is InChI=1S/C21H22N2O5/c1-9-16(20(25)26)11-7-14-18-21(12-5-3-4-6-13(12)22-18)8-15(23(9,14)27)17(11)19(21)28-10(2)24/h3-6,9,11,14-17,19H,7-8H2,1-2H3,(H,25,26)/t9-,11+,14-,15-,16-,17-,19+,21+,23?/m0/s1. The number of aliphatic carboxylic acids is 1. The lowest BCUT2D eigenvalue weighted by atomic mass is 9.61. The molecular weight excluding hydrogens is 360 g/mol. The number of benzene rings is 1. The third-order valence-corrected chi connectivity index (χ3v) is 8.40. The third-order valence-electron chi connectivity index (χ3n) is 8.40. The van der Waals surface area contributed by atoms with Crippen molar-refractivity contribution < 1.29 is 24.1 Å². The molecule has 5 bridgehead atoms. The van der Waals surface area contributed by atoms with Gasteiger partial charge in [-0.15, -0.1) is 0 Å². The van der Waals surface area contributed by atoms with Gasteiger partial charge in [-0.25, -0.2) is 0 Å². The van der Waals surface area contributed by atoms with E-state index in [-0.39, 0.29) is 29.9 Å². The highest BCUT2D eigenvalue weighted by atomic mass is 16.6. The molecule has 7 heteroatoms. The number of hydrogen-bond donors (Lipinski definition) is 1. The Morgan fingerprint density at radius 1 is 1.36 bits per heavy atom. The summed E-state index contributed by atoms with van der Waals surface area (Å²) in [6.07, 6.45) is 0.576. The highest BCUT2D eigenvalue weighted by Crippen LogP contribution is 2.69. The number of hydroxylamine groups is 3. The zero-order valence-electron chi connectivity index (χ0n) is 15.7. The van der Waals surface area contributed by atoms with Crippen LogP contribution in [0.2, 0.25) is 0 Å². The third kappa shape index (κ3) is 1.53. The van der Waals surface area contributed by atoms with Crippen LogP contribution in [0.25, 0.3) is 0 Å². The fourth-order valence-corrected chi connectivity index (χ4v) is 7.68. The van der Waals surface area contributed by atoms with Crippen LogP contribution < -0.4 is 0 Å². The quantitative estimate of drug-likeness (QED) is 0.480. The van der Waals surface area contributed by atoms with E-state index in [1.54, 1.807) is 6.92 Å². The van der Waals surface area contributed by atoms with E-state index in [4.69, 9.17) is 9.73 Å². The number of para-hydroxylation sites is 1. The van der Waals surface area contributed by atoms with Crippen LogP contribution in [0.15, 0.2) is 29.3 Å². The predicted molar refractivity (Wildman–Crippen MR) is 98.8 cm³/mol. The molecule has 5 fully saturated rings. The van der Waals surface area contributed by atoms with Crippen molar-refractivity contribution in [3.05, 3.63) is 35.0 Å². The number of carboxylic acids is 1. The summed E-state index contributed by atoms with van der Waals surface area (Å²) in [6, 6.07) is 6.75. The number of ether oxygens (including phenoxy) is 1. The monoisotopic (exact) mass is 382 g/mol. The van der Waals surface area contributed by atoms with Gasteiger partial charge in [-0.05, 0) is 24.5 Å². The van der Waals surface area contributed by atoms with Crippen LogP contribution in [-0.4, -0.2) is 51.6 Å². The SMILES string of the molecule is CC(=O)O[C@@H]1[C@H]2[C@@H]3C[C@H]4C5=Nc6ccccc6[C@]51C[C@@H]2[N+]4([O-])[C@@H](C)[C@@H]3C(=O)O. The van der Waals surface area contributed by atoms with Crippen LogP contribution in [0, 0.1) is 23.0 Å². The second-order valence-corrected chi connectivity index (χ2v) is 9.15. The average Bonchev–Trinajstić information content (AvgIpc) is 3.10. The second-order valence-electron chi connectivity index (χ2n) is 9.15. The van der Waals surface area contributed by atoms with Gasteiger partial charge in [-0.3, -0.25) is 14.6 Å². The maximum atomic E-state index is 14.3. The number of carbonyl (C=O) groups excluding carboxylic acids is 1. The normalized spacial score (nSPS) is 48.8. The van der Waals surface area contributed by atoms with Crippen molar-refractivity contribution in [2.24, 2.45) is 22.7 Å². The van der Waals surface area contributed by atoms with Gasteiger partial charge in [0, 0.05) is 19.8 Å². The number of carboxylic acid groups (broad SMARTS) is 1. The Bertz CT molecular complexity index is 975. The Kier molecular flexibility index (Phi) is 2.88. The summed E-state index contributed by atoms with van der Waals surface area (Å²) in [6.45, 7) is 3.18. The Hall–Kier alpha value is -2.25. The molecule has 4 saturated heterocycles. The molecule has 0 radical (unpaired) electrons. The lowest BCUT2D eigenvalue weighted by molar-refractivity contribution is -0.966. The van der Waals surface area contributed by atoms with E-state index in [2.05, 4.69) is 0 Å². The van der Waals surface area contributed by atoms with Crippen molar-refractivity contribution in [1.29, 1.82) is 0 Å². The van der Waals surface area contributed by atoms with E-state index < -0.39 is 34.1 Å². The predicted octanol–water partition coefficient (Wildman–Crippen LogP) is 2.15. The van der Waals surface area contributed by atoms with Gasteiger partial charge in [0.1, 0.15) is 24.1 Å². The molecule has 1 spiro atoms. The van der Waals surface area contributed by atoms with Crippen LogP contribution in [0.1, 0.15) is 32.3 Å². The number of hydrogen-bond acceptors (Lipinski definition) is 5. The maximum absolute atomic E-state index is 14.3. The first kappa shape index (κ1) is 16.7. The Balaban J connectivity index is 1.63. The van der Waals surface area contributed by atoms with Crippen molar-refractivity contribution in [3.63, 3.8) is 0 Å². The first-order valence-corrected chi connectivity index (χ1v) is 9.99. The molecule has 1 aromatic carbocycles. The van der Waals surface area contributed by atoms with Crippen LogP contribution in [-0.2, 0) is 19.7 Å². The molecule has 0 aromatic heterocycles. The molecule has 28 heavy (non-hydrogen) atoms. The van der Waals surface area contributed by atoms with E-state index in [1.807, 2.05) is 24.3 Å². The summed E-state index contributed by atoms with van der Waals surface area (Å²) in [5.74, 6) is -2.42. The molecule has 5 heterocycles. The topological polar surface area (TPSA) is 99.0 Å². The van der Waals surface area contributed by atoms with E-state index in [1.165, 1.54) is 6.92 Å². The Labute approximate surface area is 162 Å². The van der Waals surface area contributed by atoms with Crippen LogP contribution >= 0.6 is 0 Å². The van der Waals surface area contributed by atoms with Crippen molar-refractivity contribution in [2.45, 2.75) is 56.3 Å². The highest BCUT2D eigenvalue weighted by molar-refractivity contribution is 6.07. The average molecular weight is 382 g/mol. The number of piperidine rings is 4. The number of esters is 1. The number of carbonyl (C=O) groups is 2. The molecule has 1 aliphatic carbocycles. The fourth-order valence-electron chi connectivity index (χ4n) is 7.68. The van der Waals surface area contributed by atoms with Crippen LogP contribution in [0.5, 0.6) is 0 Å². The van der Waals surface area contributed by atoms with Gasteiger partial charge in [0.15, 0.2) is 0 Å². The molecule has 6 aliphatic rings. The van der Waals surface area contributed by atoms with Gasteiger partial charge in [0.25, 0.3) is 0 Å². The van der Waals surface area contributed by atoms with Gasteiger partial charge >= 0.3 is 11.9 Å². The van der Waals surface area contributed by atoms with E-state index >= 15 is 0 Å². The molecule has 7 rings (SSSR count). The van der Waals surface area contributed by atoms with Crippen molar-refractivity contribution in [3.8, 4) is 0 Å². The smallest absolute Gasteiger partial charge is 0.312 e. The Morgan fingerprint density at radius 3 is 2.82 bits per heavy atom. The van der Waals surface area contributed by atoms with Gasteiger partial charge in [-0.2, -0.15) is 0 Å². The van der Waals surface area contributed by atoms with Crippen molar-refractivity contribution >= 4 is 23.3 Å². The molecular formula is C21H22N2O5. The molecule has 5 aliphatic heterocycles. The van der Waals surface area contributed by atoms with Crippen molar-refractivity contribution in [2.75, 3.05) is 0 Å². The maximum Gasteiger partial charge on any atom is 0.312 e. The summed E-state index contributed by atoms with van der Waals surface area (Å²) >= 11 is 0. The lowest BCUT2D eigenvalue weighted by Crippen LogP contribution is -2.78. The summed E-state index contributed by atoms with van der Waals surface area (Å²) in [5.41, 5.74) is 2.14. The number of rotatable bonds is 2. The number of quaternary nitrogens is 1. The molecule has 0 amide bonds. The van der Waals surface area contributed by atoms with Crippen molar-refractivity contribution in [1.82, 2.24) is 0 Å². The van der Waals surface area contributed by atoms with Gasteiger partial charge in [0.05, 0.1) is 28.8 Å². The number of nitrogens with zero attached hydrogens (tertiary/aromatic N) is 2. The number of aliphatic imine (C=N–C) groups is 1. The summed E-state index contributed by atoms with van der Waals surface area (Å²) < 4.78 is 5.39.